The maximum atomic E-state index is 5.38. The molecule has 0 N–H and O–H groups in total. The zero-order chi connectivity index (χ0) is 14.8. The first-order valence-electron chi connectivity index (χ1n) is 7.01. The SMILES string of the molecule is COc1cc(Br)c(C2=CCCC2)c(C#C[Si](C)(C)C)c1. The Kier molecular flexibility index (Phi) is 4.77. The Morgan fingerprint density at radius 1 is 1.25 bits per heavy atom. The van der Waals surface area contributed by atoms with Gasteiger partial charge >= 0.3 is 0 Å². The van der Waals surface area contributed by atoms with Crippen LogP contribution in [0.5, 0.6) is 5.75 Å². The second kappa shape index (κ2) is 6.20. The van der Waals surface area contributed by atoms with Crippen molar-refractivity contribution in [1.82, 2.24) is 0 Å². The molecule has 0 aliphatic heterocycles. The number of methoxy groups -OCH3 is 1. The maximum Gasteiger partial charge on any atom is 0.129 e. The second-order valence-corrected chi connectivity index (χ2v) is 11.8. The second-order valence-electron chi connectivity index (χ2n) is 6.15. The molecule has 1 aliphatic rings. The van der Waals surface area contributed by atoms with Gasteiger partial charge in [-0.25, -0.2) is 0 Å². The van der Waals surface area contributed by atoms with Crippen LogP contribution in [0.3, 0.4) is 0 Å². The van der Waals surface area contributed by atoms with E-state index in [0.717, 1.165) is 22.2 Å². The van der Waals surface area contributed by atoms with Crippen LogP contribution in [0, 0.1) is 11.5 Å². The zero-order valence-corrected chi connectivity index (χ0v) is 15.2. The Hall–Kier alpha value is -0.983. The molecule has 0 saturated heterocycles. The fourth-order valence-corrected chi connectivity index (χ4v) is 3.48. The summed E-state index contributed by atoms with van der Waals surface area (Å²) in [6, 6.07) is 4.10. The van der Waals surface area contributed by atoms with E-state index in [2.05, 4.69) is 59.2 Å². The van der Waals surface area contributed by atoms with Gasteiger partial charge in [-0.1, -0.05) is 31.6 Å². The third kappa shape index (κ3) is 3.77. The Morgan fingerprint density at radius 3 is 2.55 bits per heavy atom. The predicted molar refractivity (Wildman–Crippen MR) is 92.7 cm³/mol. The Balaban J connectivity index is 2.55. The van der Waals surface area contributed by atoms with Gasteiger partial charge in [-0.2, -0.15) is 0 Å². The first-order valence-corrected chi connectivity index (χ1v) is 11.3. The molecule has 1 aromatic carbocycles. The third-order valence-electron chi connectivity index (χ3n) is 3.23. The fraction of sp³-hybridized carbons (Fsp3) is 0.412. The molecule has 1 aliphatic carbocycles. The lowest BCUT2D eigenvalue weighted by Crippen LogP contribution is -2.16. The van der Waals surface area contributed by atoms with Crippen LogP contribution in [-0.2, 0) is 0 Å². The number of halogens is 1. The van der Waals surface area contributed by atoms with Crippen molar-refractivity contribution in [2.24, 2.45) is 0 Å². The Bertz CT molecular complexity index is 600. The van der Waals surface area contributed by atoms with Crippen LogP contribution in [0.2, 0.25) is 19.6 Å². The van der Waals surface area contributed by atoms with Gasteiger partial charge in [0.15, 0.2) is 0 Å². The van der Waals surface area contributed by atoms with Crippen molar-refractivity contribution in [2.45, 2.75) is 38.9 Å². The molecule has 0 radical (unpaired) electrons. The summed E-state index contributed by atoms with van der Waals surface area (Å²) in [6.07, 6.45) is 5.90. The van der Waals surface area contributed by atoms with E-state index < -0.39 is 8.07 Å². The largest absolute Gasteiger partial charge is 0.497 e. The average molecular weight is 349 g/mol. The third-order valence-corrected chi connectivity index (χ3v) is 4.73. The highest BCUT2D eigenvalue weighted by Crippen LogP contribution is 2.37. The quantitative estimate of drug-likeness (QED) is 0.523. The number of hydrogen-bond donors (Lipinski definition) is 0. The zero-order valence-electron chi connectivity index (χ0n) is 12.6. The summed E-state index contributed by atoms with van der Waals surface area (Å²) in [6.45, 7) is 6.80. The molecule has 0 bridgehead atoms. The van der Waals surface area contributed by atoms with Crippen molar-refractivity contribution in [2.75, 3.05) is 7.11 Å². The fourth-order valence-electron chi connectivity index (χ4n) is 2.28. The minimum atomic E-state index is -1.38. The highest BCUT2D eigenvalue weighted by Gasteiger charge is 2.16. The van der Waals surface area contributed by atoms with Gasteiger partial charge in [0.1, 0.15) is 13.8 Å². The minimum Gasteiger partial charge on any atom is -0.497 e. The maximum absolute atomic E-state index is 5.38. The number of allylic oxidation sites excluding steroid dienone is 2. The van der Waals surface area contributed by atoms with Crippen LogP contribution in [-0.4, -0.2) is 15.2 Å². The van der Waals surface area contributed by atoms with Gasteiger partial charge in [-0.15, -0.1) is 5.54 Å². The molecule has 3 heteroatoms. The van der Waals surface area contributed by atoms with Crippen molar-refractivity contribution >= 4 is 29.6 Å². The normalized spacial score (nSPS) is 14.6. The van der Waals surface area contributed by atoms with Crippen molar-refractivity contribution in [3.8, 4) is 17.2 Å². The summed E-state index contributed by atoms with van der Waals surface area (Å²) in [5.74, 6) is 4.27. The predicted octanol–water partition coefficient (Wildman–Crippen LogP) is 5.25. The standard InChI is InChI=1S/C17H21BrOSi/c1-19-15-11-14(9-10-20(2,3)4)17(16(18)12-15)13-7-5-6-8-13/h7,11-12H,5-6,8H2,1-4H3. The van der Waals surface area contributed by atoms with E-state index >= 15 is 0 Å². The summed E-state index contributed by atoms with van der Waals surface area (Å²) >= 11 is 3.69. The number of ether oxygens (including phenoxy) is 1. The number of benzene rings is 1. The summed E-state index contributed by atoms with van der Waals surface area (Å²) in [5, 5.41) is 0. The lowest BCUT2D eigenvalue weighted by Gasteiger charge is -2.12. The van der Waals surface area contributed by atoms with Crippen LogP contribution in [0.4, 0.5) is 0 Å². The highest BCUT2D eigenvalue weighted by atomic mass is 79.9. The van der Waals surface area contributed by atoms with E-state index in [1.54, 1.807) is 7.11 Å². The Labute approximate surface area is 131 Å². The Morgan fingerprint density at radius 2 is 2.00 bits per heavy atom. The summed E-state index contributed by atoms with van der Waals surface area (Å²) in [4.78, 5) is 0. The van der Waals surface area contributed by atoms with Crippen LogP contribution in [0.15, 0.2) is 22.7 Å². The molecule has 0 saturated carbocycles. The molecule has 0 heterocycles. The molecular weight excluding hydrogens is 328 g/mol. The van der Waals surface area contributed by atoms with E-state index in [-0.39, 0.29) is 0 Å². The van der Waals surface area contributed by atoms with Crippen LogP contribution in [0.1, 0.15) is 30.4 Å². The lowest BCUT2D eigenvalue weighted by atomic mass is 9.99. The number of hydrogen-bond acceptors (Lipinski definition) is 1. The van der Waals surface area contributed by atoms with Gasteiger partial charge < -0.3 is 4.74 Å². The highest BCUT2D eigenvalue weighted by molar-refractivity contribution is 9.10. The van der Waals surface area contributed by atoms with Gasteiger partial charge in [0, 0.05) is 15.6 Å². The average Bonchev–Trinajstić information content (AvgIpc) is 2.88. The first-order chi connectivity index (χ1) is 9.40. The van der Waals surface area contributed by atoms with E-state index in [1.807, 2.05) is 6.07 Å². The lowest BCUT2D eigenvalue weighted by molar-refractivity contribution is 0.414. The molecule has 0 spiro atoms. The molecule has 0 aromatic heterocycles. The van der Waals surface area contributed by atoms with Gasteiger partial charge in [0.25, 0.3) is 0 Å². The van der Waals surface area contributed by atoms with Gasteiger partial charge in [-0.05, 0) is 52.9 Å². The smallest absolute Gasteiger partial charge is 0.129 e. The van der Waals surface area contributed by atoms with Crippen molar-refractivity contribution in [3.05, 3.63) is 33.8 Å². The van der Waals surface area contributed by atoms with E-state index in [4.69, 9.17) is 4.74 Å². The van der Waals surface area contributed by atoms with Crippen molar-refractivity contribution in [1.29, 1.82) is 0 Å². The molecule has 0 atom stereocenters. The molecule has 1 aromatic rings. The molecular formula is C17H21BrOSi. The van der Waals surface area contributed by atoms with Crippen molar-refractivity contribution in [3.63, 3.8) is 0 Å². The van der Waals surface area contributed by atoms with Gasteiger partial charge in [0.2, 0.25) is 0 Å². The number of rotatable bonds is 2. The van der Waals surface area contributed by atoms with E-state index in [0.29, 0.717) is 0 Å². The molecule has 20 heavy (non-hydrogen) atoms. The molecule has 0 unspecified atom stereocenters. The van der Waals surface area contributed by atoms with Crippen LogP contribution in [0.25, 0.3) is 5.57 Å². The van der Waals surface area contributed by atoms with E-state index in [1.165, 1.54) is 24.0 Å². The molecule has 0 amide bonds. The molecule has 2 rings (SSSR count). The monoisotopic (exact) mass is 348 g/mol. The molecule has 1 nitrogen and oxygen atoms in total. The van der Waals surface area contributed by atoms with Gasteiger partial charge in [0.05, 0.1) is 7.11 Å². The summed E-state index contributed by atoms with van der Waals surface area (Å²) in [7, 11) is 0.316. The molecule has 106 valence electrons. The van der Waals surface area contributed by atoms with Crippen molar-refractivity contribution < 1.29 is 4.74 Å². The van der Waals surface area contributed by atoms with E-state index in [9.17, 15) is 0 Å². The van der Waals surface area contributed by atoms with Crippen LogP contribution < -0.4 is 4.74 Å². The first kappa shape index (κ1) is 15.4. The minimum absolute atomic E-state index is 0.860. The van der Waals surface area contributed by atoms with Crippen LogP contribution >= 0.6 is 15.9 Å². The summed E-state index contributed by atoms with van der Waals surface area (Å²) < 4.78 is 6.47. The van der Waals surface area contributed by atoms with Gasteiger partial charge in [-0.3, -0.25) is 0 Å². The molecule has 0 fully saturated rings. The topological polar surface area (TPSA) is 9.23 Å². The summed E-state index contributed by atoms with van der Waals surface area (Å²) in [5.41, 5.74) is 7.23.